The van der Waals surface area contributed by atoms with Crippen LogP contribution in [0.4, 0.5) is 0 Å². The summed E-state index contributed by atoms with van der Waals surface area (Å²) in [6, 6.07) is 0. The molecule has 0 amide bonds. The number of aliphatic imine (C=N–C) groups is 1. The molecule has 2 atom stereocenters. The molecule has 0 aromatic carbocycles. The molecule has 4 nitrogen and oxygen atoms in total. The Labute approximate surface area is 78.8 Å². The van der Waals surface area contributed by atoms with E-state index in [0.29, 0.717) is 13.1 Å². The van der Waals surface area contributed by atoms with Crippen LogP contribution in [0.25, 0.3) is 0 Å². The molecule has 0 fully saturated rings. The smallest absolute Gasteiger partial charge is 0.118 e. The van der Waals surface area contributed by atoms with Gasteiger partial charge in [0.2, 0.25) is 0 Å². The molecule has 1 unspecified atom stereocenters. The van der Waals surface area contributed by atoms with Gasteiger partial charge in [0.1, 0.15) is 6.17 Å². The second kappa shape index (κ2) is 4.39. The molecular weight excluding hydrogens is 166 g/mol. The summed E-state index contributed by atoms with van der Waals surface area (Å²) in [7, 11) is 0. The molecular formula is C9H17N3O. The van der Waals surface area contributed by atoms with Crippen LogP contribution < -0.4 is 5.73 Å². The second-order valence-electron chi connectivity index (χ2n) is 3.30. The maximum Gasteiger partial charge on any atom is 0.118 e. The first kappa shape index (κ1) is 10.2. The Balaban J connectivity index is 2.50. The Kier molecular flexibility index (Phi) is 3.45. The summed E-state index contributed by atoms with van der Waals surface area (Å²) in [4.78, 5) is 6.33. The van der Waals surface area contributed by atoms with Gasteiger partial charge in [-0.25, -0.2) is 0 Å². The minimum absolute atomic E-state index is 0.103. The SMILES string of the molecule is CC1=NC(C)N(C[C@H](O)CN)C=C1. The molecule has 0 aromatic rings. The lowest BCUT2D eigenvalue weighted by Gasteiger charge is -2.29. The third-order valence-electron chi connectivity index (χ3n) is 2.07. The molecule has 1 aliphatic rings. The van der Waals surface area contributed by atoms with E-state index in [2.05, 4.69) is 4.99 Å². The lowest BCUT2D eigenvalue weighted by atomic mass is 10.2. The first-order valence-corrected chi connectivity index (χ1v) is 4.50. The van der Waals surface area contributed by atoms with Crippen LogP contribution in [0.5, 0.6) is 0 Å². The topological polar surface area (TPSA) is 61.8 Å². The van der Waals surface area contributed by atoms with Crippen LogP contribution in [-0.2, 0) is 0 Å². The average molecular weight is 183 g/mol. The highest BCUT2D eigenvalue weighted by Gasteiger charge is 2.14. The van der Waals surface area contributed by atoms with Crippen LogP contribution in [0.2, 0.25) is 0 Å². The largest absolute Gasteiger partial charge is 0.390 e. The number of hydrogen-bond donors (Lipinski definition) is 2. The fourth-order valence-electron chi connectivity index (χ4n) is 1.27. The highest BCUT2D eigenvalue weighted by Crippen LogP contribution is 2.08. The quantitative estimate of drug-likeness (QED) is 0.644. The first-order valence-electron chi connectivity index (χ1n) is 4.50. The number of nitrogens with two attached hydrogens (primary N) is 1. The van der Waals surface area contributed by atoms with Gasteiger partial charge in [0.25, 0.3) is 0 Å². The predicted molar refractivity (Wildman–Crippen MR) is 53.5 cm³/mol. The summed E-state index contributed by atoms with van der Waals surface area (Å²) >= 11 is 0. The molecule has 0 saturated carbocycles. The fourth-order valence-corrected chi connectivity index (χ4v) is 1.27. The number of nitrogens with zero attached hydrogens (tertiary/aromatic N) is 2. The lowest BCUT2D eigenvalue weighted by Crippen LogP contribution is -2.39. The first-order chi connectivity index (χ1) is 6.13. The molecule has 0 aliphatic carbocycles. The van der Waals surface area contributed by atoms with Crippen molar-refractivity contribution in [1.29, 1.82) is 0 Å². The predicted octanol–water partition coefficient (Wildman–Crippen LogP) is -0.0578. The summed E-state index contributed by atoms with van der Waals surface area (Å²) in [6.07, 6.45) is 3.52. The van der Waals surface area contributed by atoms with E-state index in [0.717, 1.165) is 5.71 Å². The molecule has 74 valence electrons. The van der Waals surface area contributed by atoms with Crippen molar-refractivity contribution in [2.45, 2.75) is 26.1 Å². The van der Waals surface area contributed by atoms with Gasteiger partial charge in [-0.3, -0.25) is 4.99 Å². The van der Waals surface area contributed by atoms with Crippen LogP contribution >= 0.6 is 0 Å². The molecule has 13 heavy (non-hydrogen) atoms. The van der Waals surface area contributed by atoms with Crippen LogP contribution in [0.3, 0.4) is 0 Å². The van der Waals surface area contributed by atoms with Crippen molar-refractivity contribution in [3.8, 4) is 0 Å². The highest BCUT2D eigenvalue weighted by molar-refractivity contribution is 5.93. The molecule has 1 aliphatic heterocycles. The van der Waals surface area contributed by atoms with E-state index in [1.165, 1.54) is 0 Å². The Morgan fingerprint density at radius 2 is 2.46 bits per heavy atom. The highest BCUT2D eigenvalue weighted by atomic mass is 16.3. The number of allylic oxidation sites excluding steroid dienone is 1. The van der Waals surface area contributed by atoms with Gasteiger partial charge in [-0.2, -0.15) is 0 Å². The van der Waals surface area contributed by atoms with Crippen LogP contribution in [0.15, 0.2) is 17.3 Å². The Morgan fingerprint density at radius 1 is 1.77 bits per heavy atom. The standard InChI is InChI=1S/C9H17N3O/c1-7-3-4-12(8(2)11-7)6-9(13)5-10/h3-4,8-9,13H,5-6,10H2,1-2H3/t8?,9-/m1/s1. The maximum atomic E-state index is 9.34. The zero-order valence-electron chi connectivity index (χ0n) is 8.14. The summed E-state index contributed by atoms with van der Waals surface area (Å²) in [5, 5.41) is 9.34. The van der Waals surface area contributed by atoms with Crippen molar-refractivity contribution < 1.29 is 5.11 Å². The van der Waals surface area contributed by atoms with E-state index in [9.17, 15) is 5.11 Å². The van der Waals surface area contributed by atoms with Gasteiger partial charge < -0.3 is 15.7 Å². The van der Waals surface area contributed by atoms with Crippen molar-refractivity contribution in [2.75, 3.05) is 13.1 Å². The van der Waals surface area contributed by atoms with E-state index >= 15 is 0 Å². The van der Waals surface area contributed by atoms with Gasteiger partial charge in [-0.15, -0.1) is 0 Å². The molecule has 3 N–H and O–H groups in total. The molecule has 0 bridgehead atoms. The summed E-state index contributed by atoms with van der Waals surface area (Å²) < 4.78 is 0. The average Bonchev–Trinajstić information content (AvgIpc) is 2.09. The monoisotopic (exact) mass is 183 g/mol. The summed E-state index contributed by atoms with van der Waals surface area (Å²) in [6.45, 7) is 4.80. The van der Waals surface area contributed by atoms with Crippen molar-refractivity contribution in [3.05, 3.63) is 12.3 Å². The van der Waals surface area contributed by atoms with E-state index in [-0.39, 0.29) is 6.17 Å². The van der Waals surface area contributed by atoms with Crippen molar-refractivity contribution in [2.24, 2.45) is 10.7 Å². The molecule has 1 heterocycles. The van der Waals surface area contributed by atoms with Crippen LogP contribution in [-0.4, -0.2) is 41.1 Å². The van der Waals surface area contributed by atoms with Crippen molar-refractivity contribution in [1.82, 2.24) is 4.90 Å². The Hall–Kier alpha value is -0.870. The van der Waals surface area contributed by atoms with E-state index < -0.39 is 6.10 Å². The van der Waals surface area contributed by atoms with Crippen molar-refractivity contribution in [3.63, 3.8) is 0 Å². The fraction of sp³-hybridized carbons (Fsp3) is 0.667. The third kappa shape index (κ3) is 2.82. The van der Waals surface area contributed by atoms with Crippen LogP contribution in [0.1, 0.15) is 13.8 Å². The molecule has 0 saturated heterocycles. The normalized spacial score (nSPS) is 24.5. The zero-order chi connectivity index (χ0) is 9.84. The Bertz CT molecular complexity index is 225. The molecule has 0 spiro atoms. The minimum Gasteiger partial charge on any atom is -0.390 e. The zero-order valence-corrected chi connectivity index (χ0v) is 8.14. The summed E-state index contributed by atoms with van der Waals surface area (Å²) in [5.41, 5.74) is 6.34. The van der Waals surface area contributed by atoms with Crippen molar-refractivity contribution >= 4 is 5.71 Å². The number of aliphatic hydroxyl groups excluding tert-OH is 1. The van der Waals surface area contributed by atoms with Gasteiger partial charge in [-0.05, 0) is 19.9 Å². The van der Waals surface area contributed by atoms with Gasteiger partial charge in [-0.1, -0.05) is 0 Å². The van der Waals surface area contributed by atoms with E-state index in [1.54, 1.807) is 0 Å². The Morgan fingerprint density at radius 3 is 3.00 bits per heavy atom. The number of rotatable bonds is 3. The van der Waals surface area contributed by atoms with Gasteiger partial charge in [0.15, 0.2) is 0 Å². The second-order valence-corrected chi connectivity index (χ2v) is 3.30. The number of hydrogen-bond acceptors (Lipinski definition) is 4. The molecule has 0 aromatic heterocycles. The van der Waals surface area contributed by atoms with Gasteiger partial charge in [0, 0.05) is 25.0 Å². The molecule has 0 radical (unpaired) electrons. The van der Waals surface area contributed by atoms with E-state index in [1.807, 2.05) is 31.0 Å². The number of aliphatic hydroxyl groups is 1. The lowest BCUT2D eigenvalue weighted by molar-refractivity contribution is 0.126. The van der Waals surface area contributed by atoms with Gasteiger partial charge >= 0.3 is 0 Å². The molecule has 4 heteroatoms. The summed E-state index contributed by atoms with van der Waals surface area (Å²) in [5.74, 6) is 0. The molecule has 1 rings (SSSR count). The van der Waals surface area contributed by atoms with E-state index in [4.69, 9.17) is 5.73 Å². The van der Waals surface area contributed by atoms with Crippen LogP contribution in [0, 0.1) is 0 Å². The minimum atomic E-state index is -0.472. The maximum absolute atomic E-state index is 9.34. The van der Waals surface area contributed by atoms with Gasteiger partial charge in [0.05, 0.1) is 6.10 Å². The third-order valence-corrected chi connectivity index (χ3v) is 2.07. The number of β-amino-alcohol motifs (C(OH)–C–C–N with tert-alkyl or cyclic N) is 1.